The van der Waals surface area contributed by atoms with E-state index in [4.69, 9.17) is 5.84 Å². The Bertz CT molecular complexity index is 384. The van der Waals surface area contributed by atoms with Gasteiger partial charge in [-0.05, 0) is 13.3 Å². The molecule has 3 N–H and O–H groups in total. The van der Waals surface area contributed by atoms with E-state index in [2.05, 4.69) is 41.1 Å². The van der Waals surface area contributed by atoms with E-state index in [1.807, 2.05) is 16.4 Å². The van der Waals surface area contributed by atoms with Crippen LogP contribution in [0, 0.1) is 0 Å². The summed E-state index contributed by atoms with van der Waals surface area (Å²) >= 11 is 4.12. The molecule has 3 atom stereocenters. The molecule has 1 aliphatic heterocycles. The van der Waals surface area contributed by atoms with Crippen molar-refractivity contribution in [1.82, 2.24) is 20.2 Å². The molecule has 0 radical (unpaired) electrons. The average Bonchev–Trinajstić information content (AvgIpc) is 2.92. The molecule has 0 bridgehead atoms. The highest BCUT2D eigenvalue weighted by Gasteiger charge is 2.32. The Morgan fingerprint density at radius 2 is 2.26 bits per heavy atom. The third-order valence-corrected chi connectivity index (χ3v) is 6.91. The molecular weight excluding hydrogens is 278 g/mol. The lowest BCUT2D eigenvalue weighted by atomic mass is 10.1. The van der Waals surface area contributed by atoms with E-state index in [-0.39, 0.29) is 6.04 Å². The molecule has 0 aliphatic carbocycles. The summed E-state index contributed by atoms with van der Waals surface area (Å²) in [5.41, 5.74) is 3.01. The first-order valence-electron chi connectivity index (χ1n) is 6.86. The predicted octanol–water partition coefficient (Wildman–Crippen LogP) is 1.30. The van der Waals surface area contributed by atoms with E-state index < -0.39 is 0 Å². The number of hydrogen-bond donors (Lipinski definition) is 2. The fraction of sp³-hybridized carbons (Fsp3) is 0.833. The molecule has 0 spiro atoms. The van der Waals surface area contributed by atoms with Crippen LogP contribution in [0.25, 0.3) is 0 Å². The van der Waals surface area contributed by atoms with Crippen molar-refractivity contribution in [1.29, 1.82) is 0 Å². The van der Waals surface area contributed by atoms with Crippen molar-refractivity contribution >= 4 is 23.5 Å². The van der Waals surface area contributed by atoms with Crippen molar-refractivity contribution in [3.63, 3.8) is 0 Å². The number of hydrogen-bond acceptors (Lipinski definition) is 6. The molecule has 1 fully saturated rings. The Morgan fingerprint density at radius 1 is 1.47 bits per heavy atom. The standard InChI is InChI=1S/C12H23N5S2/c1-3-10-12(19-6-5-18-10)9(16-13)7-11-14-8-15-17(11)4-2/h8-10,12,16H,3-7,13H2,1-2H3. The van der Waals surface area contributed by atoms with Crippen LogP contribution in [-0.2, 0) is 13.0 Å². The summed E-state index contributed by atoms with van der Waals surface area (Å²) in [4.78, 5) is 4.36. The SMILES string of the molecule is CCC1SCCSC1C(Cc1ncnn1CC)NN. The Hall–Kier alpha value is -0.240. The number of rotatable bonds is 6. The highest BCUT2D eigenvalue weighted by molar-refractivity contribution is 8.07. The van der Waals surface area contributed by atoms with Crippen molar-refractivity contribution < 1.29 is 0 Å². The van der Waals surface area contributed by atoms with E-state index in [1.165, 1.54) is 17.9 Å². The van der Waals surface area contributed by atoms with E-state index >= 15 is 0 Å². The minimum Gasteiger partial charge on any atom is -0.271 e. The summed E-state index contributed by atoms with van der Waals surface area (Å²) < 4.78 is 1.95. The second kappa shape index (κ2) is 7.52. The van der Waals surface area contributed by atoms with Gasteiger partial charge in [0.05, 0.1) is 0 Å². The van der Waals surface area contributed by atoms with Gasteiger partial charge in [0.1, 0.15) is 12.2 Å². The first-order valence-corrected chi connectivity index (χ1v) is 8.95. The molecule has 2 heterocycles. The smallest absolute Gasteiger partial charge is 0.138 e. The minimum absolute atomic E-state index is 0.261. The van der Waals surface area contributed by atoms with E-state index in [1.54, 1.807) is 6.33 Å². The number of hydrazine groups is 1. The summed E-state index contributed by atoms with van der Waals surface area (Å²) in [5.74, 6) is 9.29. The maximum Gasteiger partial charge on any atom is 0.138 e. The quantitative estimate of drug-likeness (QED) is 0.610. The molecular formula is C12H23N5S2. The molecule has 2 rings (SSSR count). The number of nitrogens with two attached hydrogens (primary N) is 1. The number of thioether (sulfide) groups is 2. The molecule has 0 aromatic carbocycles. The zero-order chi connectivity index (χ0) is 13.7. The Morgan fingerprint density at radius 3 is 2.95 bits per heavy atom. The van der Waals surface area contributed by atoms with E-state index in [9.17, 15) is 0 Å². The number of aromatic nitrogens is 3. The molecule has 0 amide bonds. The van der Waals surface area contributed by atoms with Crippen LogP contribution >= 0.6 is 23.5 Å². The van der Waals surface area contributed by atoms with Gasteiger partial charge in [-0.3, -0.25) is 16.0 Å². The normalized spacial score (nSPS) is 25.4. The summed E-state index contributed by atoms with van der Waals surface area (Å²) in [7, 11) is 0. The topological polar surface area (TPSA) is 68.8 Å². The zero-order valence-corrected chi connectivity index (χ0v) is 13.2. The molecule has 7 heteroatoms. The highest BCUT2D eigenvalue weighted by Crippen LogP contribution is 2.35. The van der Waals surface area contributed by atoms with Crippen LogP contribution in [-0.4, -0.2) is 42.8 Å². The first-order chi connectivity index (χ1) is 9.30. The van der Waals surface area contributed by atoms with Gasteiger partial charge in [-0.1, -0.05) is 6.92 Å². The first kappa shape index (κ1) is 15.2. The highest BCUT2D eigenvalue weighted by atomic mass is 32.2. The zero-order valence-electron chi connectivity index (χ0n) is 11.6. The molecule has 1 saturated heterocycles. The Labute approximate surface area is 123 Å². The lowest BCUT2D eigenvalue weighted by Crippen LogP contribution is -2.49. The maximum atomic E-state index is 5.80. The van der Waals surface area contributed by atoms with Crippen LogP contribution in [0.2, 0.25) is 0 Å². The van der Waals surface area contributed by atoms with Gasteiger partial charge in [0.25, 0.3) is 0 Å². The van der Waals surface area contributed by atoms with Gasteiger partial charge in [-0.15, -0.1) is 0 Å². The predicted molar refractivity (Wildman–Crippen MR) is 83.3 cm³/mol. The lowest BCUT2D eigenvalue weighted by Gasteiger charge is -2.35. The fourth-order valence-corrected chi connectivity index (χ4v) is 5.73. The number of aryl methyl sites for hydroxylation is 1. The molecule has 1 aromatic heterocycles. The molecule has 0 saturated carbocycles. The third-order valence-electron chi connectivity index (χ3n) is 3.50. The molecule has 108 valence electrons. The lowest BCUT2D eigenvalue weighted by molar-refractivity contribution is 0.466. The Kier molecular flexibility index (Phi) is 6.00. The average molecular weight is 301 g/mol. The summed E-state index contributed by atoms with van der Waals surface area (Å²) in [6.07, 6.45) is 3.67. The largest absolute Gasteiger partial charge is 0.271 e. The van der Waals surface area contributed by atoms with Crippen LogP contribution < -0.4 is 11.3 Å². The van der Waals surface area contributed by atoms with Gasteiger partial charge in [-0.2, -0.15) is 28.6 Å². The minimum atomic E-state index is 0.261. The van der Waals surface area contributed by atoms with Crippen molar-refractivity contribution in [3.05, 3.63) is 12.2 Å². The maximum absolute atomic E-state index is 5.80. The van der Waals surface area contributed by atoms with Crippen molar-refractivity contribution in [2.75, 3.05) is 11.5 Å². The van der Waals surface area contributed by atoms with Crippen molar-refractivity contribution in [3.8, 4) is 0 Å². The van der Waals surface area contributed by atoms with Gasteiger partial charge in [0.15, 0.2) is 0 Å². The van der Waals surface area contributed by atoms with Gasteiger partial charge in [0, 0.05) is 41.0 Å². The second-order valence-corrected chi connectivity index (χ2v) is 7.26. The van der Waals surface area contributed by atoms with Gasteiger partial charge in [-0.25, -0.2) is 4.98 Å². The molecule has 1 aromatic rings. The molecule has 1 aliphatic rings. The van der Waals surface area contributed by atoms with Gasteiger partial charge >= 0.3 is 0 Å². The van der Waals surface area contributed by atoms with Crippen LogP contribution in [0.3, 0.4) is 0 Å². The van der Waals surface area contributed by atoms with Crippen LogP contribution in [0.4, 0.5) is 0 Å². The Balaban J connectivity index is 2.06. The molecule has 19 heavy (non-hydrogen) atoms. The second-order valence-electron chi connectivity index (χ2n) is 4.62. The number of nitrogens with zero attached hydrogens (tertiary/aromatic N) is 3. The van der Waals surface area contributed by atoms with E-state index in [0.29, 0.717) is 10.5 Å². The summed E-state index contributed by atoms with van der Waals surface area (Å²) in [6, 6.07) is 0.261. The third kappa shape index (κ3) is 3.65. The van der Waals surface area contributed by atoms with Crippen molar-refractivity contribution in [2.24, 2.45) is 5.84 Å². The van der Waals surface area contributed by atoms with Crippen LogP contribution in [0.15, 0.2) is 6.33 Å². The van der Waals surface area contributed by atoms with Crippen LogP contribution in [0.1, 0.15) is 26.1 Å². The van der Waals surface area contributed by atoms with Crippen molar-refractivity contribution in [2.45, 2.75) is 49.8 Å². The van der Waals surface area contributed by atoms with E-state index in [0.717, 1.165) is 18.8 Å². The van der Waals surface area contributed by atoms with Crippen LogP contribution in [0.5, 0.6) is 0 Å². The summed E-state index contributed by atoms with van der Waals surface area (Å²) in [6.45, 7) is 5.21. The monoisotopic (exact) mass is 301 g/mol. The molecule has 3 unspecified atom stereocenters. The summed E-state index contributed by atoms with van der Waals surface area (Å²) in [5, 5.41) is 5.46. The van der Waals surface area contributed by atoms with Gasteiger partial charge < -0.3 is 0 Å². The molecule has 5 nitrogen and oxygen atoms in total. The van der Waals surface area contributed by atoms with Gasteiger partial charge in [0.2, 0.25) is 0 Å². The fourth-order valence-electron chi connectivity index (χ4n) is 2.49. The number of nitrogens with one attached hydrogen (secondary N) is 1.